The van der Waals surface area contributed by atoms with Gasteiger partial charge in [-0.15, -0.1) is 0 Å². The Morgan fingerprint density at radius 2 is 2.06 bits per heavy atom. The van der Waals surface area contributed by atoms with Crippen LogP contribution in [0, 0.1) is 10.5 Å². The van der Waals surface area contributed by atoms with Gasteiger partial charge in [-0.2, -0.15) is 0 Å². The molecule has 0 aliphatic rings. The highest BCUT2D eigenvalue weighted by Gasteiger charge is 2.14. The quantitative estimate of drug-likeness (QED) is 0.716. The molecule has 2 rings (SSSR count). The molecule has 1 aromatic carbocycles. The van der Waals surface area contributed by atoms with E-state index in [2.05, 4.69) is 76.7 Å². The maximum absolute atomic E-state index is 4.80. The van der Waals surface area contributed by atoms with E-state index in [0.717, 1.165) is 23.0 Å². The number of aromatic nitrogens is 1. The van der Waals surface area contributed by atoms with Crippen molar-refractivity contribution in [3.05, 3.63) is 31.4 Å². The molecule has 0 unspecified atom stereocenters. The fourth-order valence-electron chi connectivity index (χ4n) is 2.18. The lowest BCUT2D eigenvalue weighted by Gasteiger charge is -2.16. The van der Waals surface area contributed by atoms with E-state index in [1.807, 2.05) is 0 Å². The maximum Gasteiger partial charge on any atom is 0.0878 e. The van der Waals surface area contributed by atoms with Gasteiger partial charge in [-0.05, 0) is 76.5 Å². The number of halogens is 2. The van der Waals surface area contributed by atoms with Gasteiger partial charge in [-0.3, -0.25) is 4.98 Å². The van der Waals surface area contributed by atoms with Crippen molar-refractivity contribution in [2.24, 2.45) is 0 Å². The Morgan fingerprint density at radius 1 is 1.33 bits per heavy atom. The number of rotatable bonds is 3. The van der Waals surface area contributed by atoms with Crippen molar-refractivity contribution in [2.45, 2.75) is 27.2 Å². The Bertz CT molecular complexity index is 596. The summed E-state index contributed by atoms with van der Waals surface area (Å²) in [5.41, 5.74) is 4.72. The summed E-state index contributed by atoms with van der Waals surface area (Å²) in [6.07, 6.45) is 0.956. The van der Waals surface area contributed by atoms with Gasteiger partial charge < -0.3 is 5.32 Å². The molecule has 0 saturated carbocycles. The van der Waals surface area contributed by atoms with Crippen molar-refractivity contribution in [3.63, 3.8) is 0 Å². The number of benzene rings is 1. The van der Waals surface area contributed by atoms with Crippen LogP contribution in [0.1, 0.15) is 25.1 Å². The molecule has 4 heteroatoms. The van der Waals surface area contributed by atoms with Crippen LogP contribution in [0.4, 0.5) is 5.69 Å². The Kier molecular flexibility index (Phi) is 4.48. The number of anilines is 1. The predicted molar refractivity (Wildman–Crippen MR) is 90.4 cm³/mol. The van der Waals surface area contributed by atoms with Crippen LogP contribution in [0.15, 0.2) is 16.6 Å². The summed E-state index contributed by atoms with van der Waals surface area (Å²) < 4.78 is 2.30. The second-order valence-corrected chi connectivity index (χ2v) is 6.21. The van der Waals surface area contributed by atoms with Crippen molar-refractivity contribution in [2.75, 3.05) is 11.9 Å². The Balaban J connectivity index is 2.90. The van der Waals surface area contributed by atoms with E-state index in [1.54, 1.807) is 0 Å². The zero-order valence-electron chi connectivity index (χ0n) is 10.8. The van der Waals surface area contributed by atoms with Gasteiger partial charge in [-0.1, -0.05) is 6.92 Å². The van der Waals surface area contributed by atoms with Crippen LogP contribution in [0.5, 0.6) is 0 Å². The normalized spacial score (nSPS) is 10.9. The SMILES string of the molecule is CCNc1c(C)c(CC)nc2c(Br)ccc(I)c12. The first-order valence-corrected chi connectivity index (χ1v) is 7.98. The molecule has 0 saturated heterocycles. The lowest BCUT2D eigenvalue weighted by Crippen LogP contribution is -2.05. The molecular weight excluding hydrogens is 403 g/mol. The second kappa shape index (κ2) is 5.74. The number of aryl methyl sites for hydroxylation is 1. The fourth-order valence-corrected chi connectivity index (χ4v) is 3.30. The predicted octanol–water partition coefficient (Wildman–Crippen LogP) is 4.90. The first kappa shape index (κ1) is 14.1. The van der Waals surface area contributed by atoms with E-state index in [-0.39, 0.29) is 0 Å². The van der Waals surface area contributed by atoms with Gasteiger partial charge in [0.15, 0.2) is 0 Å². The van der Waals surface area contributed by atoms with Crippen LogP contribution in [-0.2, 0) is 6.42 Å². The summed E-state index contributed by atoms with van der Waals surface area (Å²) in [5.74, 6) is 0. The van der Waals surface area contributed by atoms with E-state index in [1.165, 1.54) is 25.9 Å². The first-order chi connectivity index (χ1) is 8.60. The summed E-state index contributed by atoms with van der Waals surface area (Å²) in [7, 11) is 0. The van der Waals surface area contributed by atoms with Crippen LogP contribution in [0.3, 0.4) is 0 Å². The third-order valence-electron chi connectivity index (χ3n) is 3.07. The number of nitrogens with zero attached hydrogens (tertiary/aromatic N) is 1. The number of hydrogen-bond acceptors (Lipinski definition) is 2. The summed E-state index contributed by atoms with van der Waals surface area (Å²) >= 11 is 5.99. The molecule has 0 radical (unpaired) electrons. The van der Waals surface area contributed by atoms with Crippen molar-refractivity contribution in [1.82, 2.24) is 4.98 Å². The van der Waals surface area contributed by atoms with Gasteiger partial charge in [0, 0.05) is 31.4 Å². The molecule has 0 aliphatic heterocycles. The lowest BCUT2D eigenvalue weighted by molar-refractivity contribution is 1.02. The standard InChI is InChI=1S/C14H16BrIN2/c1-4-11-8(3)13(17-5-2)12-10(16)7-6-9(15)14(12)18-11/h6-7H,4-5H2,1-3H3,(H,17,18). The summed E-state index contributed by atoms with van der Waals surface area (Å²) in [4.78, 5) is 4.80. The Hall–Kier alpha value is -0.360. The molecule has 0 aliphatic carbocycles. The van der Waals surface area contributed by atoms with Gasteiger partial charge in [0.05, 0.1) is 5.52 Å². The molecule has 2 aromatic rings. The number of hydrogen-bond donors (Lipinski definition) is 1. The molecule has 0 amide bonds. The highest BCUT2D eigenvalue weighted by molar-refractivity contribution is 14.1. The molecule has 0 atom stereocenters. The number of fused-ring (bicyclic) bond motifs is 1. The molecule has 2 nitrogen and oxygen atoms in total. The minimum atomic E-state index is 0.922. The molecule has 0 spiro atoms. The van der Waals surface area contributed by atoms with Gasteiger partial charge in [0.1, 0.15) is 0 Å². The minimum Gasteiger partial charge on any atom is -0.384 e. The average molecular weight is 419 g/mol. The third-order valence-corrected chi connectivity index (χ3v) is 4.61. The van der Waals surface area contributed by atoms with Crippen LogP contribution < -0.4 is 5.32 Å². The minimum absolute atomic E-state index is 0.922. The molecule has 1 aromatic heterocycles. The first-order valence-electron chi connectivity index (χ1n) is 6.11. The summed E-state index contributed by atoms with van der Waals surface area (Å²) in [6.45, 7) is 7.35. The van der Waals surface area contributed by atoms with Crippen molar-refractivity contribution in [1.29, 1.82) is 0 Å². The second-order valence-electron chi connectivity index (χ2n) is 4.20. The largest absolute Gasteiger partial charge is 0.384 e. The molecule has 1 N–H and O–H groups in total. The van der Waals surface area contributed by atoms with Crippen LogP contribution in [0.25, 0.3) is 10.9 Å². The molecule has 18 heavy (non-hydrogen) atoms. The summed E-state index contributed by atoms with van der Waals surface area (Å²) in [6, 6.07) is 4.20. The van der Waals surface area contributed by atoms with E-state index < -0.39 is 0 Å². The molecule has 0 bridgehead atoms. The Morgan fingerprint density at radius 3 is 2.67 bits per heavy atom. The van der Waals surface area contributed by atoms with Crippen molar-refractivity contribution < 1.29 is 0 Å². The number of pyridine rings is 1. The third kappa shape index (κ3) is 2.37. The molecule has 1 heterocycles. The Labute approximate surface area is 130 Å². The van der Waals surface area contributed by atoms with Crippen LogP contribution in [0.2, 0.25) is 0 Å². The monoisotopic (exact) mass is 418 g/mol. The van der Waals surface area contributed by atoms with E-state index in [4.69, 9.17) is 4.98 Å². The van der Waals surface area contributed by atoms with Crippen molar-refractivity contribution in [3.8, 4) is 0 Å². The van der Waals surface area contributed by atoms with Crippen molar-refractivity contribution >= 4 is 55.1 Å². The van der Waals surface area contributed by atoms with E-state index in [0.29, 0.717) is 0 Å². The highest BCUT2D eigenvalue weighted by atomic mass is 127. The summed E-state index contributed by atoms with van der Waals surface area (Å²) in [5, 5.41) is 4.72. The van der Waals surface area contributed by atoms with Crippen LogP contribution in [-0.4, -0.2) is 11.5 Å². The van der Waals surface area contributed by atoms with Gasteiger partial charge in [0.2, 0.25) is 0 Å². The van der Waals surface area contributed by atoms with Gasteiger partial charge in [0.25, 0.3) is 0 Å². The smallest absolute Gasteiger partial charge is 0.0878 e. The zero-order valence-corrected chi connectivity index (χ0v) is 14.5. The number of nitrogens with one attached hydrogen (secondary N) is 1. The molecular formula is C14H16BrIN2. The van der Waals surface area contributed by atoms with Crippen LogP contribution >= 0.6 is 38.5 Å². The topological polar surface area (TPSA) is 24.9 Å². The lowest BCUT2D eigenvalue weighted by atomic mass is 10.1. The van der Waals surface area contributed by atoms with E-state index in [9.17, 15) is 0 Å². The van der Waals surface area contributed by atoms with E-state index >= 15 is 0 Å². The molecule has 0 fully saturated rings. The maximum atomic E-state index is 4.80. The fraction of sp³-hybridized carbons (Fsp3) is 0.357. The zero-order chi connectivity index (χ0) is 13.3. The average Bonchev–Trinajstić information content (AvgIpc) is 2.36. The van der Waals surface area contributed by atoms with Gasteiger partial charge in [-0.25, -0.2) is 0 Å². The van der Waals surface area contributed by atoms with Gasteiger partial charge >= 0.3 is 0 Å². The highest BCUT2D eigenvalue weighted by Crippen LogP contribution is 2.35. The molecule has 96 valence electrons.